The zero-order valence-corrected chi connectivity index (χ0v) is 17.3. The van der Waals surface area contributed by atoms with Gasteiger partial charge in [-0.15, -0.1) is 17.5 Å². The van der Waals surface area contributed by atoms with E-state index in [1.807, 2.05) is 40.8 Å². The average molecular weight is 419 g/mol. The zero-order chi connectivity index (χ0) is 19.5. The lowest BCUT2D eigenvalue weighted by Crippen LogP contribution is -2.29. The van der Waals surface area contributed by atoms with Crippen LogP contribution in [0.5, 0.6) is 0 Å². The summed E-state index contributed by atoms with van der Waals surface area (Å²) in [4.78, 5) is 26.2. The van der Waals surface area contributed by atoms with Crippen LogP contribution in [0.3, 0.4) is 0 Å². The van der Waals surface area contributed by atoms with Crippen molar-refractivity contribution in [3.05, 3.63) is 41.7 Å². The second-order valence-corrected chi connectivity index (χ2v) is 7.50. The quantitative estimate of drug-likeness (QED) is 0.776. The normalized spacial score (nSPS) is 18.4. The smallest absolute Gasteiger partial charge is 0.273 e. The number of anilines is 1. The Bertz CT molecular complexity index is 847. The first-order chi connectivity index (χ1) is 13.6. The maximum Gasteiger partial charge on any atom is 0.273 e. The lowest BCUT2D eigenvalue weighted by atomic mass is 10.1. The molecule has 2 amide bonds. The summed E-state index contributed by atoms with van der Waals surface area (Å²) >= 11 is 0. The number of piperidine rings is 1. The molecule has 0 spiro atoms. The lowest BCUT2D eigenvalue weighted by molar-refractivity contribution is -0.117. The van der Waals surface area contributed by atoms with Gasteiger partial charge in [0.1, 0.15) is 0 Å². The van der Waals surface area contributed by atoms with Crippen molar-refractivity contribution < 1.29 is 9.59 Å². The first kappa shape index (κ1) is 21.3. The van der Waals surface area contributed by atoms with Crippen LogP contribution >= 0.6 is 12.4 Å². The van der Waals surface area contributed by atoms with Crippen molar-refractivity contribution in [1.82, 2.24) is 25.6 Å². The number of carbonyl (C=O) groups is 2. The van der Waals surface area contributed by atoms with Crippen LogP contribution in [0.1, 0.15) is 60.7 Å². The molecule has 2 N–H and O–H groups in total. The van der Waals surface area contributed by atoms with Crippen LogP contribution in [-0.2, 0) is 4.79 Å². The molecule has 0 radical (unpaired) electrons. The van der Waals surface area contributed by atoms with Crippen molar-refractivity contribution in [3.63, 3.8) is 0 Å². The molecule has 156 valence electrons. The standard InChI is InChI=1S/C20H26N6O2.ClH/c1-14(15-4-6-16(7-5-15)25-12-2-3-19(25)27)22-20(28)18-13-26(24-23-18)17-8-10-21-11-9-17;/h4-7,13-14,17,21H,2-3,8-12H2,1H3,(H,22,28);1H. The van der Waals surface area contributed by atoms with Gasteiger partial charge in [0.15, 0.2) is 5.69 Å². The van der Waals surface area contributed by atoms with Crippen LogP contribution in [0.25, 0.3) is 0 Å². The molecule has 2 fully saturated rings. The largest absolute Gasteiger partial charge is 0.344 e. The number of aromatic nitrogens is 3. The number of rotatable bonds is 5. The molecular weight excluding hydrogens is 392 g/mol. The Morgan fingerprint density at radius 1 is 1.24 bits per heavy atom. The highest BCUT2D eigenvalue weighted by atomic mass is 35.5. The monoisotopic (exact) mass is 418 g/mol. The van der Waals surface area contributed by atoms with Gasteiger partial charge in [0.25, 0.3) is 5.91 Å². The summed E-state index contributed by atoms with van der Waals surface area (Å²) in [6.07, 6.45) is 5.25. The predicted molar refractivity (Wildman–Crippen MR) is 112 cm³/mol. The van der Waals surface area contributed by atoms with Crippen molar-refractivity contribution in [3.8, 4) is 0 Å². The van der Waals surface area contributed by atoms with Gasteiger partial charge in [-0.1, -0.05) is 17.3 Å². The third-order valence-corrected chi connectivity index (χ3v) is 5.55. The topological polar surface area (TPSA) is 92.2 Å². The Labute approximate surface area is 176 Å². The van der Waals surface area contributed by atoms with Gasteiger partial charge in [-0.2, -0.15) is 0 Å². The molecule has 0 aliphatic carbocycles. The summed E-state index contributed by atoms with van der Waals surface area (Å²) in [7, 11) is 0. The molecule has 1 unspecified atom stereocenters. The first-order valence-electron chi connectivity index (χ1n) is 9.95. The Morgan fingerprint density at radius 3 is 2.62 bits per heavy atom. The molecule has 2 aliphatic heterocycles. The van der Waals surface area contributed by atoms with E-state index in [2.05, 4.69) is 20.9 Å². The van der Waals surface area contributed by atoms with Gasteiger partial charge >= 0.3 is 0 Å². The van der Waals surface area contributed by atoms with E-state index in [4.69, 9.17) is 0 Å². The Kier molecular flexibility index (Phi) is 6.87. The van der Waals surface area contributed by atoms with Gasteiger partial charge in [0.05, 0.1) is 18.3 Å². The number of carbonyl (C=O) groups excluding carboxylic acids is 2. The molecule has 8 nitrogen and oxygen atoms in total. The number of hydrogen-bond donors (Lipinski definition) is 2. The molecule has 1 aromatic heterocycles. The molecule has 9 heteroatoms. The highest BCUT2D eigenvalue weighted by Gasteiger charge is 2.22. The van der Waals surface area contributed by atoms with Gasteiger partial charge in [-0.05, 0) is 57.0 Å². The van der Waals surface area contributed by atoms with E-state index in [9.17, 15) is 9.59 Å². The van der Waals surface area contributed by atoms with E-state index < -0.39 is 0 Å². The van der Waals surface area contributed by atoms with Gasteiger partial charge in [0.2, 0.25) is 5.91 Å². The summed E-state index contributed by atoms with van der Waals surface area (Å²) in [5.41, 5.74) is 2.23. The van der Waals surface area contributed by atoms with Gasteiger partial charge < -0.3 is 15.5 Å². The second kappa shape index (κ2) is 9.37. The molecule has 1 atom stereocenters. The molecule has 0 saturated carbocycles. The Balaban J connectivity index is 0.00000240. The minimum Gasteiger partial charge on any atom is -0.344 e. The van der Waals surface area contributed by atoms with Crippen LogP contribution in [-0.4, -0.2) is 46.4 Å². The number of nitrogens with one attached hydrogen (secondary N) is 2. The van der Waals surface area contributed by atoms with E-state index in [0.29, 0.717) is 18.2 Å². The fourth-order valence-corrected chi connectivity index (χ4v) is 3.85. The summed E-state index contributed by atoms with van der Waals surface area (Å²) in [5, 5.41) is 14.5. The Hall–Kier alpha value is -2.45. The molecule has 0 bridgehead atoms. The maximum atomic E-state index is 12.6. The SMILES string of the molecule is CC(NC(=O)c1cn(C2CCNCC2)nn1)c1ccc(N2CCCC2=O)cc1.Cl. The fraction of sp³-hybridized carbons (Fsp3) is 0.500. The van der Waals surface area contributed by atoms with Crippen molar-refractivity contribution in [2.75, 3.05) is 24.5 Å². The van der Waals surface area contributed by atoms with Crippen molar-refractivity contribution >= 4 is 29.9 Å². The van der Waals surface area contributed by atoms with E-state index >= 15 is 0 Å². The summed E-state index contributed by atoms with van der Waals surface area (Å²) in [6.45, 7) is 4.63. The molecule has 1 aromatic carbocycles. The number of hydrogen-bond acceptors (Lipinski definition) is 5. The molecule has 2 aromatic rings. The van der Waals surface area contributed by atoms with Crippen molar-refractivity contribution in [2.24, 2.45) is 0 Å². The van der Waals surface area contributed by atoms with Crippen LogP contribution < -0.4 is 15.5 Å². The van der Waals surface area contributed by atoms with E-state index in [0.717, 1.165) is 50.1 Å². The zero-order valence-electron chi connectivity index (χ0n) is 16.5. The molecular formula is C20H27ClN6O2. The number of halogens is 1. The number of nitrogens with zero attached hydrogens (tertiary/aromatic N) is 4. The molecule has 2 saturated heterocycles. The van der Waals surface area contributed by atoms with Crippen LogP contribution in [0.4, 0.5) is 5.69 Å². The minimum atomic E-state index is -0.230. The van der Waals surface area contributed by atoms with E-state index in [1.165, 1.54) is 0 Å². The third-order valence-electron chi connectivity index (χ3n) is 5.55. The average Bonchev–Trinajstić information content (AvgIpc) is 3.38. The summed E-state index contributed by atoms with van der Waals surface area (Å²) in [6, 6.07) is 7.92. The Morgan fingerprint density at radius 2 is 1.97 bits per heavy atom. The van der Waals surface area contributed by atoms with Crippen LogP contribution in [0.2, 0.25) is 0 Å². The first-order valence-corrected chi connectivity index (χ1v) is 9.95. The highest BCUT2D eigenvalue weighted by Crippen LogP contribution is 2.24. The number of amides is 2. The molecule has 2 aliphatic rings. The summed E-state index contributed by atoms with van der Waals surface area (Å²) in [5.74, 6) is -0.0579. The minimum absolute atomic E-state index is 0. The fourth-order valence-electron chi connectivity index (χ4n) is 3.85. The van der Waals surface area contributed by atoms with Gasteiger partial charge in [-0.3, -0.25) is 9.59 Å². The van der Waals surface area contributed by atoms with Crippen LogP contribution in [0, 0.1) is 0 Å². The van der Waals surface area contributed by atoms with Crippen LogP contribution in [0.15, 0.2) is 30.5 Å². The van der Waals surface area contributed by atoms with Crippen molar-refractivity contribution in [1.29, 1.82) is 0 Å². The lowest BCUT2D eigenvalue weighted by Gasteiger charge is -2.22. The van der Waals surface area contributed by atoms with E-state index in [1.54, 1.807) is 6.20 Å². The predicted octanol–water partition coefficient (Wildman–Crippen LogP) is 2.24. The van der Waals surface area contributed by atoms with Gasteiger partial charge in [-0.25, -0.2) is 4.68 Å². The maximum absolute atomic E-state index is 12.6. The molecule has 3 heterocycles. The van der Waals surface area contributed by atoms with Crippen molar-refractivity contribution in [2.45, 2.75) is 44.7 Å². The second-order valence-electron chi connectivity index (χ2n) is 7.50. The number of benzene rings is 1. The molecule has 29 heavy (non-hydrogen) atoms. The summed E-state index contributed by atoms with van der Waals surface area (Å²) < 4.78 is 1.81. The molecule has 4 rings (SSSR count). The highest BCUT2D eigenvalue weighted by molar-refractivity contribution is 5.95. The third kappa shape index (κ3) is 4.76. The van der Waals surface area contributed by atoms with E-state index in [-0.39, 0.29) is 30.3 Å². The van der Waals surface area contributed by atoms with Gasteiger partial charge in [0, 0.05) is 18.7 Å².